The predicted molar refractivity (Wildman–Crippen MR) is 115 cm³/mol. The third kappa shape index (κ3) is 3.67. The van der Waals surface area contributed by atoms with E-state index in [0.29, 0.717) is 16.5 Å². The van der Waals surface area contributed by atoms with E-state index >= 15 is 0 Å². The number of imide groups is 1. The summed E-state index contributed by atoms with van der Waals surface area (Å²) in [5.41, 5.74) is 10.8. The normalized spacial score (nSPS) is 16.6. The summed E-state index contributed by atoms with van der Waals surface area (Å²) in [7, 11) is 0. The first-order valence-electron chi connectivity index (χ1n) is 9.32. The second kappa shape index (κ2) is 8.25. The molecule has 2 amide bonds. The number of rotatable bonds is 4. The third-order valence-electron chi connectivity index (χ3n) is 5.13. The van der Waals surface area contributed by atoms with Crippen LogP contribution in [0, 0.1) is 0 Å². The van der Waals surface area contributed by atoms with E-state index in [-0.39, 0.29) is 12.5 Å². The van der Waals surface area contributed by atoms with Gasteiger partial charge >= 0.3 is 6.09 Å². The number of fused-ring (bicyclic) bond motifs is 1. The zero-order valence-electron chi connectivity index (χ0n) is 16.3. The van der Waals surface area contributed by atoms with Gasteiger partial charge < -0.3 is 4.74 Å². The standard InChI is InChI=1S/C21H16BrN5O4/c1-12(28)26-10-16(15-8-7-14(22)9-17(15)26)19(24-25-23)20(29)27-18(11-31-21(27)30)13-5-3-2-4-6-13/h2-10,18-19H,11H2,1H3/t18-,19?/m0/s1. The van der Waals surface area contributed by atoms with Gasteiger partial charge in [-0.3, -0.25) is 14.2 Å². The lowest BCUT2D eigenvalue weighted by molar-refractivity contribution is -0.130. The van der Waals surface area contributed by atoms with Gasteiger partial charge in [0.15, 0.2) is 0 Å². The highest BCUT2D eigenvalue weighted by molar-refractivity contribution is 9.10. The van der Waals surface area contributed by atoms with Crippen LogP contribution in [0.4, 0.5) is 4.79 Å². The van der Waals surface area contributed by atoms with Gasteiger partial charge in [-0.15, -0.1) is 0 Å². The van der Waals surface area contributed by atoms with Crippen molar-refractivity contribution in [3.63, 3.8) is 0 Å². The van der Waals surface area contributed by atoms with Gasteiger partial charge in [-0.1, -0.05) is 57.4 Å². The van der Waals surface area contributed by atoms with E-state index < -0.39 is 24.1 Å². The third-order valence-corrected chi connectivity index (χ3v) is 5.62. The molecule has 0 saturated carbocycles. The molecule has 31 heavy (non-hydrogen) atoms. The summed E-state index contributed by atoms with van der Waals surface area (Å²) >= 11 is 3.37. The van der Waals surface area contributed by atoms with Crippen molar-refractivity contribution < 1.29 is 19.1 Å². The largest absolute Gasteiger partial charge is 0.446 e. The number of amides is 2. The molecule has 2 aromatic carbocycles. The molecule has 0 spiro atoms. The number of cyclic esters (lactones) is 1. The summed E-state index contributed by atoms with van der Waals surface area (Å²) in [6.45, 7) is 1.39. The number of carbonyl (C=O) groups is 3. The van der Waals surface area contributed by atoms with E-state index in [1.165, 1.54) is 17.7 Å². The van der Waals surface area contributed by atoms with Crippen molar-refractivity contribution in [3.8, 4) is 0 Å². The molecule has 10 heteroatoms. The van der Waals surface area contributed by atoms with Crippen LogP contribution in [0.1, 0.15) is 34.9 Å². The minimum absolute atomic E-state index is 0.000271. The van der Waals surface area contributed by atoms with E-state index in [0.717, 1.165) is 14.9 Å². The molecule has 9 nitrogen and oxygen atoms in total. The first kappa shape index (κ1) is 20.6. The monoisotopic (exact) mass is 481 g/mol. The van der Waals surface area contributed by atoms with Crippen LogP contribution in [0.2, 0.25) is 0 Å². The van der Waals surface area contributed by atoms with Gasteiger partial charge in [0.25, 0.3) is 0 Å². The summed E-state index contributed by atoms with van der Waals surface area (Å²) < 4.78 is 7.25. The summed E-state index contributed by atoms with van der Waals surface area (Å²) in [4.78, 5) is 41.9. The van der Waals surface area contributed by atoms with Crippen molar-refractivity contribution in [1.29, 1.82) is 0 Å². The smallest absolute Gasteiger partial charge is 0.417 e. The summed E-state index contributed by atoms with van der Waals surface area (Å²) in [5.74, 6) is -0.996. The molecule has 156 valence electrons. The van der Waals surface area contributed by atoms with Gasteiger partial charge in [0.05, 0.1) is 5.52 Å². The molecule has 2 atom stereocenters. The first-order valence-corrected chi connectivity index (χ1v) is 10.1. The molecule has 0 bridgehead atoms. The van der Waals surface area contributed by atoms with Gasteiger partial charge in [0.1, 0.15) is 18.7 Å². The van der Waals surface area contributed by atoms with Crippen molar-refractivity contribution in [3.05, 3.63) is 80.8 Å². The number of nitrogens with zero attached hydrogens (tertiary/aromatic N) is 5. The highest BCUT2D eigenvalue weighted by Gasteiger charge is 2.42. The second-order valence-electron chi connectivity index (χ2n) is 6.95. The summed E-state index contributed by atoms with van der Waals surface area (Å²) in [5, 5.41) is 4.25. The van der Waals surface area contributed by atoms with Crippen molar-refractivity contribution >= 4 is 44.7 Å². The molecule has 1 aliphatic heterocycles. The fraction of sp³-hybridized carbons (Fsp3) is 0.190. The highest BCUT2D eigenvalue weighted by atomic mass is 79.9. The fourth-order valence-electron chi connectivity index (χ4n) is 3.72. The Balaban J connectivity index is 1.83. The van der Waals surface area contributed by atoms with E-state index in [1.54, 1.807) is 42.5 Å². The maximum Gasteiger partial charge on any atom is 0.417 e. The fourth-order valence-corrected chi connectivity index (χ4v) is 4.07. The van der Waals surface area contributed by atoms with Crippen LogP contribution in [-0.4, -0.2) is 34.0 Å². The van der Waals surface area contributed by atoms with Crippen LogP contribution in [0.3, 0.4) is 0 Å². The van der Waals surface area contributed by atoms with Gasteiger partial charge in [0.2, 0.25) is 11.8 Å². The van der Waals surface area contributed by atoms with Crippen LogP contribution in [0.5, 0.6) is 0 Å². The first-order chi connectivity index (χ1) is 14.9. The lowest BCUT2D eigenvalue weighted by Gasteiger charge is -2.22. The Morgan fingerprint density at radius 3 is 2.68 bits per heavy atom. The van der Waals surface area contributed by atoms with Crippen LogP contribution in [0.15, 0.2) is 64.3 Å². The molecule has 1 aliphatic rings. The second-order valence-corrected chi connectivity index (χ2v) is 7.87. The number of hydrogen-bond acceptors (Lipinski definition) is 5. The minimum Gasteiger partial charge on any atom is -0.446 e. The minimum atomic E-state index is -1.36. The zero-order valence-corrected chi connectivity index (χ0v) is 17.9. The van der Waals surface area contributed by atoms with Crippen LogP contribution in [0.25, 0.3) is 21.3 Å². The SMILES string of the molecule is CC(=O)n1cc(C(N=[N+]=[N-])C(=O)N2C(=O)OC[C@H]2c2ccccc2)c2ccc(Br)cc21. The highest BCUT2D eigenvalue weighted by Crippen LogP contribution is 2.36. The van der Waals surface area contributed by atoms with Gasteiger partial charge in [-0.05, 0) is 28.8 Å². The molecule has 2 heterocycles. The van der Waals surface area contributed by atoms with Crippen molar-refractivity contribution in [1.82, 2.24) is 9.47 Å². The quantitative estimate of drug-likeness (QED) is 0.291. The van der Waals surface area contributed by atoms with Crippen LogP contribution < -0.4 is 0 Å². The van der Waals surface area contributed by atoms with Gasteiger partial charge in [0, 0.05) is 27.9 Å². The van der Waals surface area contributed by atoms with Crippen LogP contribution in [-0.2, 0) is 9.53 Å². The molecule has 3 aromatic rings. The number of hydrogen-bond donors (Lipinski definition) is 0. The lowest BCUT2D eigenvalue weighted by Crippen LogP contribution is -2.37. The molecule has 1 unspecified atom stereocenters. The molecule has 0 aliphatic carbocycles. The Hall–Kier alpha value is -3.62. The predicted octanol–water partition coefficient (Wildman–Crippen LogP) is 5.14. The Bertz CT molecular complexity index is 1250. The Morgan fingerprint density at radius 1 is 1.26 bits per heavy atom. The molecule has 0 N–H and O–H groups in total. The number of halogens is 1. The molecular formula is C21H16BrN5O4. The number of azide groups is 1. The number of aromatic nitrogens is 1. The van der Waals surface area contributed by atoms with E-state index in [4.69, 9.17) is 10.3 Å². The average molecular weight is 482 g/mol. The molecule has 1 fully saturated rings. The lowest BCUT2D eigenvalue weighted by atomic mass is 10.0. The van der Waals surface area contributed by atoms with Crippen molar-refractivity contribution in [2.45, 2.75) is 19.0 Å². The average Bonchev–Trinajstić information content (AvgIpc) is 3.32. The maximum atomic E-state index is 13.5. The Kier molecular flexibility index (Phi) is 5.50. The van der Waals surface area contributed by atoms with Crippen molar-refractivity contribution in [2.75, 3.05) is 6.61 Å². The summed E-state index contributed by atoms with van der Waals surface area (Å²) in [6, 6.07) is 12.2. The van der Waals surface area contributed by atoms with Crippen LogP contribution >= 0.6 is 15.9 Å². The Labute approximate surface area is 184 Å². The number of ether oxygens (including phenoxy) is 1. The number of benzene rings is 2. The maximum absolute atomic E-state index is 13.5. The molecule has 1 aromatic heterocycles. The molecular weight excluding hydrogens is 466 g/mol. The number of carbonyl (C=O) groups excluding carboxylic acids is 3. The molecule has 4 rings (SSSR count). The van der Waals surface area contributed by atoms with E-state index in [9.17, 15) is 14.4 Å². The topological polar surface area (TPSA) is 117 Å². The van der Waals surface area contributed by atoms with Gasteiger partial charge in [-0.25, -0.2) is 9.69 Å². The zero-order chi connectivity index (χ0) is 22.1. The summed E-state index contributed by atoms with van der Waals surface area (Å²) in [6.07, 6.45) is 0.658. The molecule has 1 saturated heterocycles. The van der Waals surface area contributed by atoms with E-state index in [1.807, 2.05) is 6.07 Å². The van der Waals surface area contributed by atoms with Crippen molar-refractivity contribution in [2.24, 2.45) is 5.11 Å². The Morgan fingerprint density at radius 2 is 2.00 bits per heavy atom. The van der Waals surface area contributed by atoms with E-state index in [2.05, 4.69) is 26.0 Å². The molecule has 0 radical (unpaired) electrons. The van der Waals surface area contributed by atoms with Gasteiger partial charge in [-0.2, -0.15) is 0 Å².